The van der Waals surface area contributed by atoms with Crippen molar-refractivity contribution in [3.63, 3.8) is 0 Å². The van der Waals surface area contributed by atoms with Crippen LogP contribution >= 0.6 is 21.9 Å². The van der Waals surface area contributed by atoms with Gasteiger partial charge in [0.25, 0.3) is 0 Å². The van der Waals surface area contributed by atoms with Crippen LogP contribution in [0.1, 0.15) is 26.3 Å². The zero-order valence-corrected chi connectivity index (χ0v) is 34.0. The minimum atomic E-state index is -4.21. The molecule has 29 heteroatoms. The lowest BCUT2D eigenvalue weighted by Gasteiger charge is -2.10. The van der Waals surface area contributed by atoms with Gasteiger partial charge in [0.05, 0.1) is 32.5 Å². The van der Waals surface area contributed by atoms with Crippen LogP contribution in [0, 0.1) is 11.3 Å². The summed E-state index contributed by atoms with van der Waals surface area (Å²) < 4.78 is 63.8. The van der Waals surface area contributed by atoms with E-state index in [1.54, 1.807) is 26.7 Å². The molecular weight excluding hydrogens is 819 g/mol. The van der Waals surface area contributed by atoms with E-state index in [2.05, 4.69) is 34.6 Å². The molecule has 0 unspecified atom stereocenters. The van der Waals surface area contributed by atoms with Gasteiger partial charge in [0, 0.05) is 0 Å². The topological polar surface area (TPSA) is 438 Å². The fraction of sp³-hybridized carbons (Fsp3) is 0.464. The van der Waals surface area contributed by atoms with Crippen LogP contribution in [0.4, 0.5) is 35.3 Å². The molecule has 0 amide bonds. The number of hydrogen-bond donors (Lipinski definition) is 8. The number of nitriles is 1. The number of anilines is 6. The molecule has 3 aromatic heterocycles. The molecule has 0 radical (unpaired) electrons. The minimum absolute atomic E-state index is 0.0137. The number of aromatic nitrogens is 6. The molecule has 0 saturated heterocycles. The van der Waals surface area contributed by atoms with E-state index >= 15 is 0 Å². The van der Waals surface area contributed by atoms with E-state index in [1.165, 1.54) is 0 Å². The highest BCUT2D eigenvalue weighted by Crippen LogP contribution is 2.36. The Morgan fingerprint density at radius 2 is 0.895 bits per heavy atom. The molecule has 3 heterocycles. The van der Waals surface area contributed by atoms with E-state index in [0.717, 1.165) is 0 Å². The molecule has 0 aliphatic carbocycles. The van der Waals surface area contributed by atoms with Crippen molar-refractivity contribution in [2.45, 2.75) is 0 Å². The number of rotatable bonds is 20. The van der Waals surface area contributed by atoms with Crippen LogP contribution in [0.3, 0.4) is 0 Å². The summed E-state index contributed by atoms with van der Waals surface area (Å²) in [5.74, 6) is -0.568. The Balaban J connectivity index is 0.000000427. The number of aldehydes is 2. The predicted octanol–water partition coefficient (Wildman–Crippen LogP) is -0.0985. The van der Waals surface area contributed by atoms with Gasteiger partial charge in [0.15, 0.2) is 24.0 Å². The number of carbonyl (C=O) groups excluding carboxylic acids is 2. The molecule has 0 aromatic carbocycles. The van der Waals surface area contributed by atoms with Gasteiger partial charge in [-0.1, -0.05) is 0 Å². The normalized spacial score (nSPS) is 11.2. The van der Waals surface area contributed by atoms with Crippen LogP contribution in [0.5, 0.6) is 17.6 Å². The van der Waals surface area contributed by atoms with Crippen LogP contribution in [0.15, 0.2) is 0 Å². The second kappa shape index (κ2) is 23.7. The van der Waals surface area contributed by atoms with Crippen molar-refractivity contribution in [1.29, 1.82) is 5.26 Å². The monoisotopic (exact) mass is 865 g/mol. The first-order chi connectivity index (χ1) is 26.5. The highest BCUT2D eigenvalue weighted by Gasteiger charge is 2.16. The van der Waals surface area contributed by atoms with Gasteiger partial charge in [-0.25, -0.2) is 0 Å². The Bertz CT molecular complexity index is 1900. The molecule has 0 saturated carbocycles. The summed E-state index contributed by atoms with van der Waals surface area (Å²) in [6, 6.07) is 1.84. The van der Waals surface area contributed by atoms with Crippen molar-refractivity contribution in [3.05, 3.63) is 16.7 Å². The lowest BCUT2D eigenvalue weighted by Crippen LogP contribution is -2.12. The molecule has 0 fully saturated rings. The van der Waals surface area contributed by atoms with Crippen LogP contribution in [-0.4, -0.2) is 138 Å². The number of hydrogen-bond acceptors (Lipinski definition) is 24. The third-order valence-corrected chi connectivity index (χ3v) is 7.77. The molecule has 14 N–H and O–H groups in total. The van der Waals surface area contributed by atoms with Gasteiger partial charge in [-0.2, -0.15) is 35.2 Å². The third-order valence-electron chi connectivity index (χ3n) is 5.65. The first kappa shape index (κ1) is 49.8. The van der Waals surface area contributed by atoms with Gasteiger partial charge in [-0.3, -0.25) is 14.2 Å². The smallest absolute Gasteiger partial charge is 0.350 e. The fourth-order valence-corrected chi connectivity index (χ4v) is 4.94. The summed E-state index contributed by atoms with van der Waals surface area (Å²) in [6.45, 7) is 7.05. The summed E-state index contributed by atoms with van der Waals surface area (Å²) in [5, 5.41) is 8.90. The average molecular weight is 866 g/mol. The number of nitrogens with two attached hydrogens (primary N) is 6. The zero-order chi connectivity index (χ0) is 43.4. The van der Waals surface area contributed by atoms with Crippen molar-refractivity contribution in [2.75, 3.05) is 120 Å². The maximum absolute atomic E-state index is 11.4. The Hall–Kier alpha value is -5.24. The minimum Gasteiger partial charge on any atom is -0.475 e. The third kappa shape index (κ3) is 21.0. The van der Waals surface area contributed by atoms with Gasteiger partial charge in [-0.15, -0.1) is 0 Å². The lowest BCUT2D eigenvalue weighted by molar-refractivity contribution is 0.109. The Kier molecular flexibility index (Phi) is 20.7. The summed E-state index contributed by atoms with van der Waals surface area (Å²) in [4.78, 5) is 60.8. The van der Waals surface area contributed by atoms with Crippen LogP contribution < -0.4 is 48.6 Å². The molecule has 0 bridgehead atoms. The summed E-state index contributed by atoms with van der Waals surface area (Å²) in [6.07, 6.45) is 0.545. The van der Waals surface area contributed by atoms with Crippen molar-refractivity contribution >= 4 is 69.8 Å². The van der Waals surface area contributed by atoms with Gasteiger partial charge in [0.1, 0.15) is 69.3 Å². The molecule has 57 heavy (non-hydrogen) atoms. The average Bonchev–Trinajstić information content (AvgIpc) is 3.06. The quantitative estimate of drug-likeness (QED) is 0.0417. The summed E-state index contributed by atoms with van der Waals surface area (Å²) >= 11 is 0. The first-order valence-corrected chi connectivity index (χ1v) is 23.2. The van der Waals surface area contributed by atoms with Gasteiger partial charge >= 0.3 is 7.60 Å². The van der Waals surface area contributed by atoms with Gasteiger partial charge in [0.2, 0.25) is 35.5 Å². The SMILES string of the molecule is CP(C)(=O)COCCOc1nc(N)nc(N)c1C#N.CP(C)(=O)COCCOc1nc(N)nc(N)c1C=O.Nc1nc(N)c(C=O)c(OCCOCP(=O)(O)O)n1. The molecule has 3 aromatic rings. The van der Waals surface area contributed by atoms with E-state index < -0.39 is 28.2 Å². The van der Waals surface area contributed by atoms with Crippen LogP contribution in [0.25, 0.3) is 0 Å². The molecule has 26 nitrogen and oxygen atoms in total. The second-order valence-corrected chi connectivity index (χ2v) is 20.2. The summed E-state index contributed by atoms with van der Waals surface area (Å²) in [7, 11) is -8.62. The Morgan fingerprint density at radius 3 is 1.23 bits per heavy atom. The van der Waals surface area contributed by atoms with E-state index in [0.29, 0.717) is 12.6 Å². The molecule has 0 atom stereocenters. The highest BCUT2D eigenvalue weighted by molar-refractivity contribution is 7.62. The van der Waals surface area contributed by atoms with Crippen molar-refractivity contribution in [3.8, 4) is 23.7 Å². The van der Waals surface area contributed by atoms with E-state index in [9.17, 15) is 23.3 Å². The Labute approximate surface area is 326 Å². The van der Waals surface area contributed by atoms with Crippen molar-refractivity contribution in [2.24, 2.45) is 0 Å². The number of ether oxygens (including phenoxy) is 6. The van der Waals surface area contributed by atoms with Crippen LogP contribution in [-0.2, 0) is 27.9 Å². The van der Waals surface area contributed by atoms with E-state index in [4.69, 9.17) is 73.1 Å². The molecule has 3 rings (SSSR count). The largest absolute Gasteiger partial charge is 0.475 e. The molecule has 316 valence electrons. The highest BCUT2D eigenvalue weighted by atomic mass is 31.2. The van der Waals surface area contributed by atoms with Gasteiger partial charge < -0.3 is 81.7 Å². The van der Waals surface area contributed by atoms with E-state index in [-0.39, 0.29) is 122 Å². The molecular formula is C28H46N13O13P3. The molecule has 0 aliphatic heterocycles. The van der Waals surface area contributed by atoms with Crippen LogP contribution in [0.2, 0.25) is 0 Å². The maximum atomic E-state index is 11.4. The number of carbonyl (C=O) groups is 2. The summed E-state index contributed by atoms with van der Waals surface area (Å²) in [5.41, 5.74) is 32.7. The Morgan fingerprint density at radius 1 is 0.561 bits per heavy atom. The van der Waals surface area contributed by atoms with Gasteiger partial charge in [-0.05, 0) is 26.7 Å². The maximum Gasteiger partial charge on any atom is 0.350 e. The molecule has 0 spiro atoms. The predicted molar refractivity (Wildman–Crippen MR) is 208 cm³/mol. The zero-order valence-electron chi connectivity index (χ0n) is 31.3. The van der Waals surface area contributed by atoms with Crippen molar-refractivity contribution < 1.29 is 61.5 Å². The standard InChI is InChI=1S/C10H16N5O3P.C10H17N4O4P.C8H13N4O6P/c1-19(2,16)6-17-3-4-18-9-7(5-11)8(12)14-10(13)15-9;1-19(2,16)6-17-3-4-18-9-7(5-15)8(11)13-10(12)14-9;9-6-5(3-13)7(12-8(10)11-6)18-2-1-17-4-19(14,15)16/h3-4,6H2,1-2H3,(H4,12,13,14,15);5H,3-4,6H2,1-2H3,(H4,11,12,13,14);3H,1-2,4H2,(H2,14,15,16)(H4,9,10,11,12). The van der Waals surface area contributed by atoms with Crippen molar-refractivity contribution in [1.82, 2.24) is 29.9 Å². The lowest BCUT2D eigenvalue weighted by atomic mass is 10.3. The first-order valence-electron chi connectivity index (χ1n) is 15.8. The second-order valence-electron chi connectivity index (χ2n) is 11.8. The number of nitrogen functional groups attached to an aromatic ring is 6. The fourth-order valence-electron chi connectivity index (χ4n) is 3.43. The number of nitrogens with zero attached hydrogens (tertiary/aromatic N) is 7. The molecule has 0 aliphatic rings. The van der Waals surface area contributed by atoms with E-state index in [1.807, 2.05) is 6.07 Å².